The lowest BCUT2D eigenvalue weighted by atomic mass is 9.77. The smallest absolute Gasteiger partial charge is 0.352 e. The van der Waals surface area contributed by atoms with Gasteiger partial charge in [-0.15, -0.1) is 0 Å². The fraction of sp³-hybridized carbons (Fsp3) is 0.688. The first-order valence-electron chi connectivity index (χ1n) is 8.37. The molecule has 6 atom stereocenters. The third kappa shape index (κ3) is 2.62. The third-order valence-electron chi connectivity index (χ3n) is 5.68. The van der Waals surface area contributed by atoms with Crippen molar-refractivity contribution in [3.63, 3.8) is 0 Å². The molecule has 2 fully saturated rings. The van der Waals surface area contributed by atoms with Crippen LogP contribution in [0.25, 0.3) is 0 Å². The standard InChI is InChI=1S/C16H24N4O5/c1-6-8(3-19-4-9(14(17)18)10(22)5-19)13(16(24)25)20-12(6)11(7(2)21)15(20)23/h6-7,9-12,21-22H,3-5H2,1-2H3,(H3,17,18)(H,24,25)/t6-,7+,9+,10+,11?,12?/m0/s1. The number of aliphatic hydroxyl groups is 2. The molecule has 0 spiro atoms. The molecule has 138 valence electrons. The molecule has 0 saturated carbocycles. The largest absolute Gasteiger partial charge is 0.477 e. The molecular weight excluding hydrogens is 328 g/mol. The highest BCUT2D eigenvalue weighted by molar-refractivity contribution is 6.00. The van der Waals surface area contributed by atoms with Crippen molar-refractivity contribution in [1.82, 2.24) is 9.80 Å². The zero-order chi connectivity index (χ0) is 18.6. The normalized spacial score (nSPS) is 36.4. The van der Waals surface area contributed by atoms with E-state index in [9.17, 15) is 24.9 Å². The van der Waals surface area contributed by atoms with Crippen molar-refractivity contribution < 1.29 is 24.9 Å². The quantitative estimate of drug-likeness (QED) is 0.227. The molecule has 0 aliphatic carbocycles. The molecule has 9 heteroatoms. The van der Waals surface area contributed by atoms with Gasteiger partial charge in [-0.1, -0.05) is 6.92 Å². The van der Waals surface area contributed by atoms with E-state index in [1.165, 1.54) is 4.90 Å². The number of hydrogen-bond donors (Lipinski definition) is 5. The molecule has 2 saturated heterocycles. The summed E-state index contributed by atoms with van der Waals surface area (Å²) in [6.45, 7) is 4.36. The number of β-lactam (4-membered cyclic amide) rings is 1. The van der Waals surface area contributed by atoms with E-state index in [0.29, 0.717) is 18.7 Å². The van der Waals surface area contributed by atoms with Gasteiger partial charge in [0, 0.05) is 25.6 Å². The maximum absolute atomic E-state index is 12.3. The number of amides is 1. The number of carboxylic acid groups (broad SMARTS) is 1. The topological polar surface area (TPSA) is 151 Å². The highest BCUT2D eigenvalue weighted by Gasteiger charge is 2.59. The van der Waals surface area contributed by atoms with Gasteiger partial charge in [-0.25, -0.2) is 4.79 Å². The third-order valence-corrected chi connectivity index (χ3v) is 5.68. The number of nitrogens with two attached hydrogens (primary N) is 1. The Morgan fingerprint density at radius 2 is 2.08 bits per heavy atom. The van der Waals surface area contributed by atoms with Crippen LogP contribution >= 0.6 is 0 Å². The minimum Gasteiger partial charge on any atom is -0.477 e. The molecule has 3 heterocycles. The predicted molar refractivity (Wildman–Crippen MR) is 87.5 cm³/mol. The van der Waals surface area contributed by atoms with Crippen molar-refractivity contribution in [2.45, 2.75) is 32.1 Å². The number of carbonyl (C=O) groups is 2. The number of aliphatic carboxylic acids is 1. The first-order valence-corrected chi connectivity index (χ1v) is 8.37. The minimum absolute atomic E-state index is 0.0137. The molecule has 25 heavy (non-hydrogen) atoms. The lowest BCUT2D eigenvalue weighted by molar-refractivity contribution is -0.163. The molecule has 9 nitrogen and oxygen atoms in total. The van der Waals surface area contributed by atoms with E-state index in [2.05, 4.69) is 0 Å². The molecule has 0 radical (unpaired) electrons. The summed E-state index contributed by atoms with van der Waals surface area (Å²) in [6, 6.07) is -0.343. The number of likely N-dealkylation sites (tertiary alicyclic amines) is 1. The molecule has 2 unspecified atom stereocenters. The SMILES string of the molecule is C[C@@H](O)C1C(=O)N2C(C(=O)O)=C(CN3C[C@@H](O)[C@H](C(=N)N)C3)[C@H](C)C12. The van der Waals surface area contributed by atoms with Gasteiger partial charge in [-0.05, 0) is 12.5 Å². The number of rotatable bonds is 5. The highest BCUT2D eigenvalue weighted by atomic mass is 16.4. The maximum atomic E-state index is 12.3. The van der Waals surface area contributed by atoms with Crippen LogP contribution in [0.1, 0.15) is 13.8 Å². The van der Waals surface area contributed by atoms with Crippen LogP contribution in [-0.2, 0) is 9.59 Å². The number of carboxylic acids is 1. The van der Waals surface area contributed by atoms with Crippen molar-refractivity contribution in [3.8, 4) is 0 Å². The molecule has 1 amide bonds. The lowest BCUT2D eigenvalue weighted by Gasteiger charge is -2.46. The van der Waals surface area contributed by atoms with Crippen molar-refractivity contribution in [1.29, 1.82) is 5.41 Å². The van der Waals surface area contributed by atoms with Crippen molar-refractivity contribution in [2.24, 2.45) is 23.5 Å². The van der Waals surface area contributed by atoms with Crippen molar-refractivity contribution >= 4 is 17.7 Å². The van der Waals surface area contributed by atoms with Gasteiger partial charge in [-0.2, -0.15) is 0 Å². The van der Waals surface area contributed by atoms with Crippen LogP contribution in [0.2, 0.25) is 0 Å². The van der Waals surface area contributed by atoms with E-state index >= 15 is 0 Å². The Bertz CT molecular complexity index is 661. The summed E-state index contributed by atoms with van der Waals surface area (Å²) in [5.41, 5.74) is 6.10. The Labute approximate surface area is 145 Å². The Hall–Kier alpha value is -1.97. The van der Waals surface area contributed by atoms with Gasteiger partial charge in [0.1, 0.15) is 5.70 Å². The zero-order valence-electron chi connectivity index (χ0n) is 14.2. The van der Waals surface area contributed by atoms with E-state index in [1.54, 1.807) is 6.92 Å². The average molecular weight is 352 g/mol. The summed E-state index contributed by atoms with van der Waals surface area (Å²) in [6.07, 6.45) is -1.59. The number of amidine groups is 1. The second kappa shape index (κ2) is 6.08. The lowest BCUT2D eigenvalue weighted by Crippen LogP contribution is -2.63. The Morgan fingerprint density at radius 1 is 1.44 bits per heavy atom. The number of aliphatic hydroxyl groups excluding tert-OH is 2. The number of fused-ring (bicyclic) bond motifs is 1. The van der Waals surface area contributed by atoms with E-state index in [4.69, 9.17) is 11.1 Å². The molecule has 0 bridgehead atoms. The van der Waals surface area contributed by atoms with Gasteiger partial charge in [0.2, 0.25) is 5.91 Å². The second-order valence-electron chi connectivity index (χ2n) is 7.26. The van der Waals surface area contributed by atoms with Gasteiger partial charge in [0.15, 0.2) is 0 Å². The van der Waals surface area contributed by atoms with Gasteiger partial charge >= 0.3 is 5.97 Å². The van der Waals surface area contributed by atoms with Gasteiger partial charge in [0.25, 0.3) is 0 Å². The monoisotopic (exact) mass is 352 g/mol. The number of hydrogen-bond acceptors (Lipinski definition) is 6. The molecule has 3 rings (SSSR count). The van der Waals surface area contributed by atoms with Crippen LogP contribution in [0.5, 0.6) is 0 Å². The molecule has 6 N–H and O–H groups in total. The van der Waals surface area contributed by atoms with Crippen LogP contribution in [0.3, 0.4) is 0 Å². The molecule has 3 aliphatic heterocycles. The van der Waals surface area contributed by atoms with Crippen LogP contribution in [0, 0.1) is 23.2 Å². The number of β-amino-alcohol motifs (C(OH)–C–C–N with tert-alkyl or cyclic N) is 1. The molecule has 0 aromatic heterocycles. The Morgan fingerprint density at radius 3 is 2.56 bits per heavy atom. The highest BCUT2D eigenvalue weighted by Crippen LogP contribution is 2.47. The predicted octanol–water partition coefficient (Wildman–Crippen LogP) is -1.59. The zero-order valence-corrected chi connectivity index (χ0v) is 14.2. The second-order valence-corrected chi connectivity index (χ2v) is 7.26. The molecule has 0 aromatic rings. The van der Waals surface area contributed by atoms with Crippen LogP contribution in [-0.4, -0.2) is 80.7 Å². The Kier molecular flexibility index (Phi) is 4.34. The van der Waals surface area contributed by atoms with Crippen molar-refractivity contribution in [2.75, 3.05) is 19.6 Å². The van der Waals surface area contributed by atoms with E-state index in [0.717, 1.165) is 0 Å². The van der Waals surface area contributed by atoms with Gasteiger partial charge < -0.3 is 26.0 Å². The maximum Gasteiger partial charge on any atom is 0.352 e. The summed E-state index contributed by atoms with van der Waals surface area (Å²) in [7, 11) is 0. The summed E-state index contributed by atoms with van der Waals surface area (Å²) >= 11 is 0. The van der Waals surface area contributed by atoms with Gasteiger partial charge in [-0.3, -0.25) is 15.1 Å². The van der Waals surface area contributed by atoms with Crippen LogP contribution in [0.15, 0.2) is 11.3 Å². The first-order chi connectivity index (χ1) is 11.6. The van der Waals surface area contributed by atoms with Crippen LogP contribution in [0.4, 0.5) is 0 Å². The summed E-state index contributed by atoms with van der Waals surface area (Å²) in [5, 5.41) is 37.0. The Balaban J connectivity index is 1.84. The van der Waals surface area contributed by atoms with Crippen LogP contribution < -0.4 is 5.73 Å². The molecule has 3 aliphatic rings. The fourth-order valence-corrected chi connectivity index (χ4v) is 4.40. The summed E-state index contributed by atoms with van der Waals surface area (Å²) < 4.78 is 0. The minimum atomic E-state index is -1.16. The molecule has 0 aromatic carbocycles. The van der Waals surface area contributed by atoms with Gasteiger partial charge in [0.05, 0.1) is 35.9 Å². The van der Waals surface area contributed by atoms with Crippen molar-refractivity contribution in [3.05, 3.63) is 11.3 Å². The summed E-state index contributed by atoms with van der Waals surface area (Å²) in [4.78, 5) is 27.2. The first kappa shape index (κ1) is 17.8. The van der Waals surface area contributed by atoms with E-state index in [-0.39, 0.29) is 35.9 Å². The number of carbonyl (C=O) groups excluding carboxylic acids is 1. The average Bonchev–Trinajstić information content (AvgIpc) is 2.97. The van der Waals surface area contributed by atoms with E-state index in [1.807, 2.05) is 11.8 Å². The molecular formula is C16H24N4O5. The summed E-state index contributed by atoms with van der Waals surface area (Å²) in [5.74, 6) is -2.86. The fourth-order valence-electron chi connectivity index (χ4n) is 4.40. The number of nitrogens with one attached hydrogen (secondary N) is 1. The number of nitrogens with zero attached hydrogens (tertiary/aromatic N) is 2. The van der Waals surface area contributed by atoms with E-state index < -0.39 is 30.0 Å².